The normalized spacial score (nSPS) is 14.8. The van der Waals surface area contributed by atoms with Crippen molar-refractivity contribution >= 4 is 34.7 Å². The zero-order valence-corrected chi connectivity index (χ0v) is 19.9. The third kappa shape index (κ3) is 5.45. The van der Waals surface area contributed by atoms with Crippen LogP contribution in [0.4, 0.5) is 5.69 Å². The van der Waals surface area contributed by atoms with E-state index in [9.17, 15) is 14.4 Å². The number of hydrogen-bond donors (Lipinski definition) is 1. The highest BCUT2D eigenvalue weighted by atomic mass is 32.1. The van der Waals surface area contributed by atoms with Crippen molar-refractivity contribution < 1.29 is 19.5 Å². The van der Waals surface area contributed by atoms with Crippen LogP contribution in [0.15, 0.2) is 36.4 Å². The van der Waals surface area contributed by atoms with Crippen LogP contribution < -0.4 is 5.01 Å². The van der Waals surface area contributed by atoms with E-state index < -0.39 is 11.4 Å². The minimum atomic E-state index is -0.892. The van der Waals surface area contributed by atoms with Crippen LogP contribution in [0.3, 0.4) is 0 Å². The molecule has 0 saturated carbocycles. The molecule has 0 spiro atoms. The molecule has 7 heteroatoms. The molecule has 2 aromatic rings. The Balaban J connectivity index is 1.64. The van der Waals surface area contributed by atoms with Crippen molar-refractivity contribution in [3.8, 4) is 0 Å². The van der Waals surface area contributed by atoms with E-state index in [4.69, 9.17) is 5.11 Å². The number of aromatic carboxylic acids is 1. The quantitative estimate of drug-likeness (QED) is 0.511. The van der Waals surface area contributed by atoms with E-state index in [1.54, 1.807) is 11.1 Å². The highest BCUT2D eigenvalue weighted by Gasteiger charge is 2.32. The first-order chi connectivity index (χ1) is 15.2. The Morgan fingerprint density at radius 2 is 1.81 bits per heavy atom. The minimum absolute atomic E-state index is 0.0697. The van der Waals surface area contributed by atoms with Gasteiger partial charge < -0.3 is 5.11 Å². The summed E-state index contributed by atoms with van der Waals surface area (Å²) in [6.45, 7) is 7.41. The molecule has 3 rings (SSSR count). The molecule has 1 saturated heterocycles. The van der Waals surface area contributed by atoms with Gasteiger partial charge in [-0.15, -0.1) is 11.3 Å². The molecule has 0 unspecified atom stereocenters. The number of aryl methyl sites for hydroxylation is 1. The largest absolute Gasteiger partial charge is 0.477 e. The van der Waals surface area contributed by atoms with Crippen molar-refractivity contribution in [1.82, 2.24) is 5.01 Å². The number of unbranched alkanes of at least 4 members (excludes halogenated alkanes) is 1. The number of hydrazine groups is 1. The number of nitrogens with zero attached hydrogens (tertiary/aromatic N) is 2. The van der Waals surface area contributed by atoms with Gasteiger partial charge in [-0.3, -0.25) is 9.59 Å². The molecule has 0 atom stereocenters. The van der Waals surface area contributed by atoms with Crippen LogP contribution in [0.2, 0.25) is 0 Å². The standard InChI is InChI=1S/C25H32N2O4S/c1-4-5-8-22(28)25(2,3)18-9-11-19(12-10-18)27-23(29)15-17-26(27)16-6-7-20-13-14-21(32-20)24(30)31/h9-14H,4-8,15-17H2,1-3H3,(H,30,31). The fourth-order valence-corrected chi connectivity index (χ4v) is 4.89. The van der Waals surface area contributed by atoms with Crippen LogP contribution in [0.5, 0.6) is 0 Å². The van der Waals surface area contributed by atoms with Crippen molar-refractivity contribution in [3.63, 3.8) is 0 Å². The number of carbonyl (C=O) groups is 3. The van der Waals surface area contributed by atoms with E-state index >= 15 is 0 Å². The average molecular weight is 457 g/mol. The van der Waals surface area contributed by atoms with E-state index in [0.717, 1.165) is 48.4 Å². The summed E-state index contributed by atoms with van der Waals surface area (Å²) in [5.41, 5.74) is 1.24. The zero-order valence-electron chi connectivity index (χ0n) is 19.1. The maximum absolute atomic E-state index is 12.6. The minimum Gasteiger partial charge on any atom is -0.477 e. The van der Waals surface area contributed by atoms with Gasteiger partial charge in [0, 0.05) is 36.2 Å². The lowest BCUT2D eigenvalue weighted by Crippen LogP contribution is -2.40. The topological polar surface area (TPSA) is 77.9 Å². The molecular formula is C25H32N2O4S. The second kappa shape index (κ2) is 10.4. The van der Waals surface area contributed by atoms with Crippen molar-refractivity contribution in [1.29, 1.82) is 0 Å². The number of rotatable bonds is 11. The molecule has 1 aromatic heterocycles. The van der Waals surface area contributed by atoms with Crippen LogP contribution in [0.25, 0.3) is 0 Å². The number of carboxylic acid groups (broad SMARTS) is 1. The van der Waals surface area contributed by atoms with Gasteiger partial charge in [0.05, 0.1) is 5.69 Å². The summed E-state index contributed by atoms with van der Waals surface area (Å²) in [6.07, 6.45) is 4.58. The Labute approximate surface area is 193 Å². The maximum atomic E-state index is 12.6. The van der Waals surface area contributed by atoms with Gasteiger partial charge in [-0.05, 0) is 62.9 Å². The van der Waals surface area contributed by atoms with Crippen LogP contribution in [0.1, 0.15) is 73.0 Å². The zero-order chi connectivity index (χ0) is 23.3. The van der Waals surface area contributed by atoms with Gasteiger partial charge in [0.15, 0.2) is 0 Å². The number of ketones is 1. The molecule has 32 heavy (non-hydrogen) atoms. The molecule has 1 aliphatic heterocycles. The van der Waals surface area contributed by atoms with E-state index in [-0.39, 0.29) is 11.7 Å². The van der Waals surface area contributed by atoms with Crippen molar-refractivity contribution in [2.24, 2.45) is 0 Å². The molecule has 1 aromatic carbocycles. The second-order valence-corrected chi connectivity index (χ2v) is 9.95. The van der Waals surface area contributed by atoms with E-state index in [2.05, 4.69) is 11.9 Å². The molecule has 0 aliphatic carbocycles. The first kappa shape index (κ1) is 24.1. The SMILES string of the molecule is CCCCC(=O)C(C)(C)c1ccc(N2C(=O)CCN2CCCc2ccc(C(=O)O)s2)cc1. The number of Topliss-reactive ketones (excluding diaryl/α,β-unsaturated/α-hetero) is 1. The summed E-state index contributed by atoms with van der Waals surface area (Å²) in [7, 11) is 0. The van der Waals surface area contributed by atoms with Gasteiger partial charge in [0.25, 0.3) is 0 Å². The first-order valence-electron chi connectivity index (χ1n) is 11.3. The fourth-order valence-electron chi connectivity index (χ4n) is 4.00. The van der Waals surface area contributed by atoms with E-state index in [1.165, 1.54) is 11.3 Å². The number of amides is 1. The van der Waals surface area contributed by atoms with Crippen LogP contribution in [-0.4, -0.2) is 40.9 Å². The highest BCUT2D eigenvalue weighted by molar-refractivity contribution is 7.13. The van der Waals surface area contributed by atoms with Gasteiger partial charge in [-0.1, -0.05) is 25.5 Å². The Morgan fingerprint density at radius 3 is 2.44 bits per heavy atom. The summed E-state index contributed by atoms with van der Waals surface area (Å²) in [5.74, 6) is -0.581. The number of hydrogen-bond acceptors (Lipinski definition) is 5. The summed E-state index contributed by atoms with van der Waals surface area (Å²) < 4.78 is 0. The molecule has 0 bridgehead atoms. The molecule has 1 aliphatic rings. The number of carboxylic acids is 1. The third-order valence-corrected chi connectivity index (χ3v) is 7.24. The Hall–Kier alpha value is -2.51. The lowest BCUT2D eigenvalue weighted by atomic mass is 9.79. The Morgan fingerprint density at radius 1 is 1.09 bits per heavy atom. The molecule has 2 heterocycles. The molecule has 1 amide bonds. The summed E-state index contributed by atoms with van der Waals surface area (Å²) in [5, 5.41) is 12.9. The lowest BCUT2D eigenvalue weighted by Gasteiger charge is -2.29. The van der Waals surface area contributed by atoms with Crippen LogP contribution in [-0.2, 0) is 21.4 Å². The van der Waals surface area contributed by atoms with Gasteiger partial charge in [-0.2, -0.15) is 0 Å². The third-order valence-electron chi connectivity index (χ3n) is 6.10. The first-order valence-corrected chi connectivity index (χ1v) is 12.1. The van der Waals surface area contributed by atoms with Gasteiger partial charge in [0.1, 0.15) is 10.7 Å². The average Bonchev–Trinajstić information content (AvgIpc) is 3.39. The molecule has 0 radical (unpaired) electrons. The number of carbonyl (C=O) groups excluding carboxylic acids is 2. The van der Waals surface area contributed by atoms with Crippen LogP contribution in [0, 0.1) is 0 Å². The molecule has 6 nitrogen and oxygen atoms in total. The predicted octanol–water partition coefficient (Wildman–Crippen LogP) is 5.07. The Bertz CT molecular complexity index is 965. The lowest BCUT2D eigenvalue weighted by molar-refractivity contribution is -0.123. The maximum Gasteiger partial charge on any atom is 0.345 e. The van der Waals surface area contributed by atoms with E-state index in [1.807, 2.05) is 44.2 Å². The highest BCUT2D eigenvalue weighted by Crippen LogP contribution is 2.30. The smallest absolute Gasteiger partial charge is 0.345 e. The number of thiophene rings is 1. The number of benzene rings is 1. The van der Waals surface area contributed by atoms with Crippen LogP contribution >= 0.6 is 11.3 Å². The molecule has 1 N–H and O–H groups in total. The monoisotopic (exact) mass is 456 g/mol. The van der Waals surface area contributed by atoms with E-state index in [0.29, 0.717) is 24.3 Å². The molecular weight excluding hydrogens is 424 g/mol. The molecule has 1 fully saturated rings. The second-order valence-electron chi connectivity index (χ2n) is 8.78. The van der Waals surface area contributed by atoms with Crippen molar-refractivity contribution in [3.05, 3.63) is 51.7 Å². The van der Waals surface area contributed by atoms with Crippen molar-refractivity contribution in [2.45, 2.75) is 64.7 Å². The number of anilines is 1. The van der Waals surface area contributed by atoms with Gasteiger partial charge >= 0.3 is 5.97 Å². The van der Waals surface area contributed by atoms with Crippen molar-refractivity contribution in [2.75, 3.05) is 18.1 Å². The Kier molecular flexibility index (Phi) is 7.85. The predicted molar refractivity (Wildman–Crippen MR) is 127 cm³/mol. The fraction of sp³-hybridized carbons (Fsp3) is 0.480. The van der Waals surface area contributed by atoms with Gasteiger partial charge in [0.2, 0.25) is 5.91 Å². The summed E-state index contributed by atoms with van der Waals surface area (Å²) >= 11 is 1.31. The molecule has 172 valence electrons. The van der Waals surface area contributed by atoms with Gasteiger partial charge in [-0.25, -0.2) is 14.8 Å². The summed E-state index contributed by atoms with van der Waals surface area (Å²) in [6, 6.07) is 11.3. The summed E-state index contributed by atoms with van der Waals surface area (Å²) in [4.78, 5) is 37.6.